The number of hydrogen-bond donors (Lipinski definition) is 1. The van der Waals surface area contributed by atoms with Gasteiger partial charge in [0.2, 0.25) is 0 Å². The van der Waals surface area contributed by atoms with Crippen LogP contribution in [0, 0.1) is 23.7 Å². The molecule has 1 aromatic heterocycles. The summed E-state index contributed by atoms with van der Waals surface area (Å²) in [6, 6.07) is 5.93. The number of aromatic nitrogens is 1. The van der Waals surface area contributed by atoms with Gasteiger partial charge in [0.05, 0.1) is 23.3 Å². The molecule has 4 bridgehead atoms. The van der Waals surface area contributed by atoms with Gasteiger partial charge in [-0.3, -0.25) is 4.79 Å². The minimum Gasteiger partial charge on any atom is -0.488 e. The largest absolute Gasteiger partial charge is 0.488 e. The third kappa shape index (κ3) is 3.26. The number of amides is 1. The number of nitrogens with zero attached hydrogens (tertiary/aromatic N) is 1. The van der Waals surface area contributed by atoms with Crippen LogP contribution in [0.1, 0.15) is 74.0 Å². The van der Waals surface area contributed by atoms with Gasteiger partial charge < -0.3 is 19.3 Å². The Morgan fingerprint density at radius 1 is 1.19 bits per heavy atom. The highest BCUT2D eigenvalue weighted by atomic mass is 16.5. The highest BCUT2D eigenvalue weighted by Gasteiger charge is 2.60. The zero-order chi connectivity index (χ0) is 22.1. The molecule has 4 fully saturated rings. The Hall–Kier alpha value is -2.34. The summed E-state index contributed by atoms with van der Waals surface area (Å²) >= 11 is 0. The molecule has 6 nitrogen and oxygen atoms in total. The topological polar surface area (TPSA) is 73.6 Å². The van der Waals surface area contributed by atoms with Crippen molar-refractivity contribution < 1.29 is 18.8 Å². The van der Waals surface area contributed by atoms with Crippen molar-refractivity contribution in [1.29, 1.82) is 0 Å². The van der Waals surface area contributed by atoms with Gasteiger partial charge in [0, 0.05) is 6.54 Å². The molecule has 1 aromatic carbocycles. The lowest BCUT2D eigenvalue weighted by Crippen LogP contribution is -2.59. The van der Waals surface area contributed by atoms with Crippen molar-refractivity contribution in [1.82, 2.24) is 10.5 Å². The average molecular weight is 437 g/mol. The van der Waals surface area contributed by atoms with Gasteiger partial charge in [0.15, 0.2) is 11.5 Å². The van der Waals surface area contributed by atoms with Gasteiger partial charge in [-0.05, 0) is 74.3 Å². The van der Waals surface area contributed by atoms with Gasteiger partial charge in [-0.25, -0.2) is 0 Å². The number of carbonyl (C=O) groups excluding carboxylic acids is 1. The van der Waals surface area contributed by atoms with Crippen LogP contribution in [0.4, 0.5) is 0 Å². The maximum atomic E-state index is 12.8. The molecule has 6 heteroatoms. The predicted molar refractivity (Wildman–Crippen MR) is 119 cm³/mol. The molecule has 2 heterocycles. The van der Waals surface area contributed by atoms with E-state index in [0.29, 0.717) is 41.0 Å². The molecule has 4 aliphatic carbocycles. The molecule has 1 amide bonds. The van der Waals surface area contributed by atoms with Gasteiger partial charge in [0.1, 0.15) is 12.4 Å². The van der Waals surface area contributed by atoms with Crippen LogP contribution in [-0.4, -0.2) is 29.8 Å². The maximum absolute atomic E-state index is 12.8. The summed E-state index contributed by atoms with van der Waals surface area (Å²) in [4.78, 5) is 12.8. The summed E-state index contributed by atoms with van der Waals surface area (Å²) in [6.45, 7) is 8.20. The van der Waals surface area contributed by atoms with E-state index >= 15 is 0 Å². The normalized spacial score (nSPS) is 34.0. The highest BCUT2D eigenvalue weighted by molar-refractivity contribution is 5.95. The molecule has 2 atom stereocenters. The van der Waals surface area contributed by atoms with Crippen LogP contribution < -0.4 is 10.1 Å². The molecule has 170 valence electrons. The third-order valence-electron chi connectivity index (χ3n) is 8.13. The van der Waals surface area contributed by atoms with Crippen molar-refractivity contribution in [3.8, 4) is 17.1 Å². The van der Waals surface area contributed by atoms with Crippen LogP contribution in [0.2, 0.25) is 0 Å². The van der Waals surface area contributed by atoms with Crippen molar-refractivity contribution in [3.63, 3.8) is 0 Å². The number of benzene rings is 1. The van der Waals surface area contributed by atoms with Gasteiger partial charge in [-0.15, -0.1) is 0 Å². The van der Waals surface area contributed by atoms with Gasteiger partial charge in [0.25, 0.3) is 5.91 Å². The number of aryl methyl sites for hydroxylation is 1. The van der Waals surface area contributed by atoms with E-state index in [1.54, 1.807) is 0 Å². The second kappa shape index (κ2) is 6.83. The summed E-state index contributed by atoms with van der Waals surface area (Å²) in [6.07, 6.45) is 7.54. The second-order valence-electron chi connectivity index (χ2n) is 11.5. The van der Waals surface area contributed by atoms with Crippen molar-refractivity contribution in [2.45, 2.75) is 71.5 Å². The van der Waals surface area contributed by atoms with E-state index in [9.17, 15) is 4.79 Å². The minimum atomic E-state index is -0.234. The Balaban J connectivity index is 1.10. The summed E-state index contributed by atoms with van der Waals surface area (Å²) in [5, 5.41) is 7.05. The molecule has 32 heavy (non-hydrogen) atoms. The van der Waals surface area contributed by atoms with E-state index in [2.05, 4.69) is 24.3 Å². The van der Waals surface area contributed by atoms with Crippen LogP contribution in [0.15, 0.2) is 22.7 Å². The number of rotatable bonds is 5. The molecule has 1 N–H and O–H groups in total. The first-order chi connectivity index (χ1) is 15.3. The Kier molecular flexibility index (Phi) is 4.33. The standard InChI is InChI=1S/C26H32N2O4/c1-16-4-5-20-18(8-16)22-19(12-30-20)21(28-32-22)23(29)27-6-7-31-26-11-17-9-24(2,14-26)13-25(3,10-17)15-26/h4-5,8,17H,6-7,9-15H2,1-3H3,(H,27,29). The van der Waals surface area contributed by atoms with Crippen molar-refractivity contribution in [3.05, 3.63) is 35.0 Å². The summed E-state index contributed by atoms with van der Waals surface area (Å²) in [7, 11) is 0. The fourth-order valence-corrected chi connectivity index (χ4v) is 7.95. The lowest BCUT2D eigenvalue weighted by molar-refractivity contribution is -0.213. The predicted octanol–water partition coefficient (Wildman–Crippen LogP) is 5.04. The van der Waals surface area contributed by atoms with Crippen LogP contribution in [0.3, 0.4) is 0 Å². The van der Waals surface area contributed by atoms with Crippen LogP contribution in [0.5, 0.6) is 5.75 Å². The lowest BCUT2D eigenvalue weighted by atomic mass is 9.43. The molecule has 1 aliphatic heterocycles. The molecule has 0 radical (unpaired) electrons. The molecule has 7 rings (SSSR count). The molecular formula is C26H32N2O4. The van der Waals surface area contributed by atoms with E-state index in [0.717, 1.165) is 35.6 Å². The van der Waals surface area contributed by atoms with E-state index in [1.165, 1.54) is 25.7 Å². The van der Waals surface area contributed by atoms with Crippen molar-refractivity contribution in [2.75, 3.05) is 13.2 Å². The number of hydrogen-bond acceptors (Lipinski definition) is 5. The van der Waals surface area contributed by atoms with Crippen LogP contribution in [-0.2, 0) is 11.3 Å². The summed E-state index contributed by atoms with van der Waals surface area (Å²) < 4.78 is 17.9. The second-order valence-corrected chi connectivity index (χ2v) is 11.5. The Labute approximate surface area is 189 Å². The first-order valence-corrected chi connectivity index (χ1v) is 11.9. The van der Waals surface area contributed by atoms with Crippen LogP contribution in [0.25, 0.3) is 11.3 Å². The molecule has 0 spiro atoms. The third-order valence-corrected chi connectivity index (χ3v) is 8.13. The van der Waals surface area contributed by atoms with E-state index in [-0.39, 0.29) is 18.1 Å². The molecule has 4 saturated carbocycles. The first-order valence-electron chi connectivity index (χ1n) is 11.9. The minimum absolute atomic E-state index is 0.00386. The number of carbonyl (C=O) groups is 1. The van der Waals surface area contributed by atoms with Crippen molar-refractivity contribution >= 4 is 5.91 Å². The van der Waals surface area contributed by atoms with Crippen LogP contribution >= 0.6 is 0 Å². The monoisotopic (exact) mass is 436 g/mol. The molecule has 5 aliphatic rings. The Morgan fingerprint density at radius 2 is 1.97 bits per heavy atom. The van der Waals surface area contributed by atoms with Gasteiger partial charge in [-0.2, -0.15) is 0 Å². The van der Waals surface area contributed by atoms with Gasteiger partial charge in [-0.1, -0.05) is 30.6 Å². The number of fused-ring (bicyclic) bond motifs is 3. The molecule has 2 unspecified atom stereocenters. The number of ether oxygens (including phenoxy) is 2. The average Bonchev–Trinajstić information content (AvgIpc) is 3.13. The van der Waals surface area contributed by atoms with Gasteiger partial charge >= 0.3 is 0 Å². The highest BCUT2D eigenvalue weighted by Crippen LogP contribution is 2.67. The smallest absolute Gasteiger partial charge is 0.273 e. The first kappa shape index (κ1) is 20.3. The molecule has 2 aromatic rings. The van der Waals surface area contributed by atoms with E-state index in [4.69, 9.17) is 14.0 Å². The fourth-order valence-electron chi connectivity index (χ4n) is 7.95. The van der Waals surface area contributed by atoms with E-state index in [1.807, 2.05) is 25.1 Å². The molecule has 0 saturated heterocycles. The van der Waals surface area contributed by atoms with E-state index < -0.39 is 0 Å². The SMILES string of the molecule is Cc1ccc2c(c1)-c1onc(C(=O)NCCOC34CC5CC(C)(CC(C)(C5)C3)C4)c1CO2. The summed E-state index contributed by atoms with van der Waals surface area (Å²) in [5.74, 6) is 1.95. The fraction of sp³-hybridized carbons (Fsp3) is 0.615. The quantitative estimate of drug-likeness (QED) is 0.665. The zero-order valence-electron chi connectivity index (χ0n) is 19.3. The summed E-state index contributed by atoms with van der Waals surface area (Å²) in [5.41, 5.74) is 3.82. The van der Waals surface area contributed by atoms with Crippen molar-refractivity contribution in [2.24, 2.45) is 16.7 Å². The molecular weight excluding hydrogens is 404 g/mol. The maximum Gasteiger partial charge on any atom is 0.273 e. The Morgan fingerprint density at radius 3 is 2.72 bits per heavy atom. The zero-order valence-corrected chi connectivity index (χ0v) is 19.3. The Bertz CT molecular complexity index is 1070. The number of nitrogens with one attached hydrogen (secondary N) is 1. The lowest BCUT2D eigenvalue weighted by Gasteiger charge is -2.65.